The van der Waals surface area contributed by atoms with Gasteiger partial charge in [0.2, 0.25) is 5.91 Å². The maximum absolute atomic E-state index is 12.8. The Morgan fingerprint density at radius 2 is 1.58 bits per heavy atom. The highest BCUT2D eigenvalue weighted by Crippen LogP contribution is 2.34. The second-order valence-electron chi connectivity index (χ2n) is 6.24. The minimum Gasteiger partial charge on any atom is -0.322 e. The van der Waals surface area contributed by atoms with Gasteiger partial charge in [0, 0.05) is 13.5 Å². The summed E-state index contributed by atoms with van der Waals surface area (Å²) in [6.07, 6.45) is 0.975. The highest BCUT2D eigenvalue weighted by Gasteiger charge is 2.45. The average molecular weight is 322 g/mol. The Morgan fingerprint density at radius 3 is 2.21 bits per heavy atom. The van der Waals surface area contributed by atoms with Crippen LogP contribution in [0.4, 0.5) is 4.79 Å². The number of urea groups is 1. The molecule has 1 aliphatic heterocycles. The first-order valence-electron chi connectivity index (χ1n) is 8.27. The third kappa shape index (κ3) is 3.04. The Balaban J connectivity index is 1.80. The molecule has 0 N–H and O–H groups in total. The van der Waals surface area contributed by atoms with Crippen LogP contribution in [0.5, 0.6) is 0 Å². The van der Waals surface area contributed by atoms with Gasteiger partial charge < -0.3 is 4.90 Å². The Bertz CT molecular complexity index is 715. The SMILES string of the molecule is C[C@@H]1[C@H](c2ccccc2)N(C(=O)CCc2ccccc2)C(=O)N1C. The van der Waals surface area contributed by atoms with Crippen molar-refractivity contribution < 1.29 is 9.59 Å². The van der Waals surface area contributed by atoms with Crippen molar-refractivity contribution in [3.8, 4) is 0 Å². The molecule has 2 aromatic carbocycles. The van der Waals surface area contributed by atoms with Crippen LogP contribution in [0.2, 0.25) is 0 Å². The van der Waals surface area contributed by atoms with Gasteiger partial charge in [-0.25, -0.2) is 4.79 Å². The number of likely N-dealkylation sites (N-methyl/N-ethyl adjacent to an activating group) is 1. The van der Waals surface area contributed by atoms with E-state index in [1.165, 1.54) is 4.90 Å². The number of carbonyl (C=O) groups excluding carboxylic acids is 2. The zero-order valence-electron chi connectivity index (χ0n) is 14.1. The number of rotatable bonds is 4. The standard InChI is InChI=1S/C20H22N2O2/c1-15-19(17-11-7-4-8-12-17)22(20(24)21(15)2)18(23)14-13-16-9-5-3-6-10-16/h3-12,15,19H,13-14H2,1-2H3/t15-,19-/m1/s1. The van der Waals surface area contributed by atoms with E-state index in [-0.39, 0.29) is 24.0 Å². The van der Waals surface area contributed by atoms with Gasteiger partial charge in [0.15, 0.2) is 0 Å². The van der Waals surface area contributed by atoms with Gasteiger partial charge in [-0.05, 0) is 24.5 Å². The zero-order chi connectivity index (χ0) is 17.1. The fraction of sp³-hybridized carbons (Fsp3) is 0.300. The molecule has 2 aromatic rings. The van der Waals surface area contributed by atoms with Gasteiger partial charge in [-0.3, -0.25) is 9.69 Å². The lowest BCUT2D eigenvalue weighted by atomic mass is 10.00. The van der Waals surface area contributed by atoms with Crippen LogP contribution in [0.15, 0.2) is 60.7 Å². The zero-order valence-corrected chi connectivity index (χ0v) is 14.1. The minimum absolute atomic E-state index is 0.0411. The second kappa shape index (κ2) is 6.87. The predicted molar refractivity (Wildman–Crippen MR) is 93.4 cm³/mol. The summed E-state index contributed by atoms with van der Waals surface area (Å²) in [5.74, 6) is -0.117. The first-order valence-corrected chi connectivity index (χ1v) is 8.27. The molecular formula is C20H22N2O2. The average Bonchev–Trinajstić information content (AvgIpc) is 2.85. The Hall–Kier alpha value is -2.62. The van der Waals surface area contributed by atoms with Crippen LogP contribution in [-0.4, -0.2) is 34.8 Å². The maximum atomic E-state index is 12.8. The summed E-state index contributed by atoms with van der Waals surface area (Å²) in [5, 5.41) is 0. The van der Waals surface area contributed by atoms with Crippen molar-refractivity contribution in [3.63, 3.8) is 0 Å². The number of benzene rings is 2. The lowest BCUT2D eigenvalue weighted by Crippen LogP contribution is -2.36. The highest BCUT2D eigenvalue weighted by molar-refractivity contribution is 5.97. The first-order chi connectivity index (χ1) is 11.6. The normalized spacial score (nSPS) is 20.5. The summed E-state index contributed by atoms with van der Waals surface area (Å²) in [4.78, 5) is 28.4. The van der Waals surface area contributed by atoms with Crippen LogP contribution < -0.4 is 0 Å². The molecule has 0 aliphatic carbocycles. The number of carbonyl (C=O) groups is 2. The van der Waals surface area contributed by atoms with Gasteiger partial charge in [-0.2, -0.15) is 0 Å². The molecule has 0 spiro atoms. The number of aryl methyl sites for hydroxylation is 1. The van der Waals surface area contributed by atoms with Crippen LogP contribution in [0, 0.1) is 0 Å². The van der Waals surface area contributed by atoms with Crippen molar-refractivity contribution in [1.82, 2.24) is 9.80 Å². The van der Waals surface area contributed by atoms with Gasteiger partial charge in [0.1, 0.15) is 0 Å². The molecule has 124 valence electrons. The van der Waals surface area contributed by atoms with E-state index < -0.39 is 0 Å². The third-order valence-electron chi connectivity index (χ3n) is 4.73. The summed E-state index contributed by atoms with van der Waals surface area (Å²) in [7, 11) is 1.76. The van der Waals surface area contributed by atoms with E-state index in [1.807, 2.05) is 67.6 Å². The highest BCUT2D eigenvalue weighted by atomic mass is 16.2. The summed E-state index contributed by atoms with van der Waals surface area (Å²) < 4.78 is 0. The van der Waals surface area contributed by atoms with Gasteiger partial charge in [0.25, 0.3) is 0 Å². The molecule has 1 heterocycles. The van der Waals surface area contributed by atoms with Gasteiger partial charge >= 0.3 is 6.03 Å². The van der Waals surface area contributed by atoms with E-state index in [2.05, 4.69) is 0 Å². The maximum Gasteiger partial charge on any atom is 0.327 e. The Kier molecular flexibility index (Phi) is 4.65. The number of amides is 3. The van der Waals surface area contributed by atoms with E-state index in [4.69, 9.17) is 0 Å². The second-order valence-corrected chi connectivity index (χ2v) is 6.24. The fourth-order valence-electron chi connectivity index (χ4n) is 3.25. The summed E-state index contributed by atoms with van der Waals surface area (Å²) in [6.45, 7) is 1.99. The van der Waals surface area contributed by atoms with Crippen LogP contribution in [0.1, 0.15) is 30.5 Å². The molecule has 1 fully saturated rings. The van der Waals surface area contributed by atoms with E-state index in [0.717, 1.165) is 11.1 Å². The van der Waals surface area contributed by atoms with Crippen molar-refractivity contribution in [2.75, 3.05) is 7.05 Å². The molecule has 0 saturated carbocycles. The Labute approximate surface area is 142 Å². The molecule has 4 nitrogen and oxygen atoms in total. The summed E-state index contributed by atoms with van der Waals surface area (Å²) >= 11 is 0. The quantitative estimate of drug-likeness (QED) is 0.862. The van der Waals surface area contributed by atoms with Crippen LogP contribution in [0.25, 0.3) is 0 Å². The van der Waals surface area contributed by atoms with Crippen LogP contribution in [0.3, 0.4) is 0 Å². The lowest BCUT2D eigenvalue weighted by Gasteiger charge is -2.24. The van der Waals surface area contributed by atoms with Crippen LogP contribution in [-0.2, 0) is 11.2 Å². The van der Waals surface area contributed by atoms with Crippen molar-refractivity contribution >= 4 is 11.9 Å². The van der Waals surface area contributed by atoms with Crippen molar-refractivity contribution in [3.05, 3.63) is 71.8 Å². The molecule has 1 saturated heterocycles. The molecule has 24 heavy (non-hydrogen) atoms. The molecular weight excluding hydrogens is 300 g/mol. The predicted octanol–water partition coefficient (Wildman–Crippen LogP) is 3.64. The summed E-state index contributed by atoms with van der Waals surface area (Å²) in [5.41, 5.74) is 2.10. The van der Waals surface area contributed by atoms with E-state index in [0.29, 0.717) is 12.8 Å². The smallest absolute Gasteiger partial charge is 0.322 e. The Morgan fingerprint density at radius 1 is 1.00 bits per heavy atom. The number of imide groups is 1. The molecule has 0 radical (unpaired) electrons. The number of hydrogen-bond acceptors (Lipinski definition) is 2. The van der Waals surface area contributed by atoms with E-state index >= 15 is 0 Å². The largest absolute Gasteiger partial charge is 0.327 e. The monoisotopic (exact) mass is 322 g/mol. The van der Waals surface area contributed by atoms with E-state index in [1.54, 1.807) is 11.9 Å². The van der Waals surface area contributed by atoms with E-state index in [9.17, 15) is 9.59 Å². The third-order valence-corrected chi connectivity index (χ3v) is 4.73. The fourth-order valence-corrected chi connectivity index (χ4v) is 3.25. The minimum atomic E-state index is -0.230. The van der Waals surface area contributed by atoms with Crippen molar-refractivity contribution in [2.24, 2.45) is 0 Å². The summed E-state index contributed by atoms with van der Waals surface area (Å²) in [6, 6.07) is 19.2. The van der Waals surface area contributed by atoms with Gasteiger partial charge in [0.05, 0.1) is 12.1 Å². The van der Waals surface area contributed by atoms with Crippen molar-refractivity contribution in [2.45, 2.75) is 31.8 Å². The number of hydrogen-bond donors (Lipinski definition) is 0. The first kappa shape index (κ1) is 16.2. The molecule has 2 atom stereocenters. The van der Waals surface area contributed by atoms with Crippen LogP contribution >= 0.6 is 0 Å². The molecule has 1 aliphatic rings. The molecule has 0 unspecified atom stereocenters. The van der Waals surface area contributed by atoms with Gasteiger partial charge in [-0.15, -0.1) is 0 Å². The molecule has 3 rings (SSSR count). The lowest BCUT2D eigenvalue weighted by molar-refractivity contribution is -0.129. The number of nitrogens with zero attached hydrogens (tertiary/aromatic N) is 2. The topological polar surface area (TPSA) is 40.6 Å². The molecule has 0 aromatic heterocycles. The van der Waals surface area contributed by atoms with Gasteiger partial charge in [-0.1, -0.05) is 60.7 Å². The molecule has 0 bridgehead atoms. The molecule has 4 heteroatoms. The van der Waals surface area contributed by atoms with Crippen molar-refractivity contribution in [1.29, 1.82) is 0 Å². The molecule has 3 amide bonds.